The number of hydrogen-bond acceptors (Lipinski definition) is 5. The maximum absolute atomic E-state index is 10.1. The number of aliphatic hydroxyl groups excluding tert-OH is 1. The number of rotatable bonds is 7. The van der Waals surface area contributed by atoms with Gasteiger partial charge in [0, 0.05) is 0 Å². The summed E-state index contributed by atoms with van der Waals surface area (Å²) in [5.41, 5.74) is 0. The summed E-state index contributed by atoms with van der Waals surface area (Å²) in [6.45, 7) is 1.75. The van der Waals surface area contributed by atoms with Crippen LogP contribution in [-0.2, 0) is 0 Å². The number of unbranched alkanes of at least 4 members (excludes halogenated alkanes) is 1. The van der Waals surface area contributed by atoms with Crippen LogP contribution < -0.4 is 0 Å². The van der Waals surface area contributed by atoms with Crippen molar-refractivity contribution in [3.8, 4) is 0 Å². The maximum atomic E-state index is 10.1. The molecular formula is C7H14N2O3. The van der Waals surface area contributed by atoms with Crippen molar-refractivity contribution in [3.63, 3.8) is 0 Å². The molecule has 5 nitrogen and oxygen atoms in total. The first kappa shape index (κ1) is 11.2. The number of nitrogens with zero attached hydrogens (tertiary/aromatic N) is 2. The fraction of sp³-hybridized carbons (Fsp3) is 1.00. The molecule has 0 rings (SSSR count). The molecule has 0 saturated heterocycles. The Kier molecular flexibility index (Phi) is 6.37. The van der Waals surface area contributed by atoms with Crippen LogP contribution in [0.4, 0.5) is 0 Å². The van der Waals surface area contributed by atoms with Crippen LogP contribution in [-0.4, -0.2) is 23.8 Å². The molecule has 0 aliphatic heterocycles. The van der Waals surface area contributed by atoms with Crippen molar-refractivity contribution in [1.29, 1.82) is 0 Å². The summed E-state index contributed by atoms with van der Waals surface area (Å²) < 4.78 is 0. The lowest BCUT2D eigenvalue weighted by atomic mass is 10.1. The Balaban J connectivity index is 3.75. The first-order valence-electron chi connectivity index (χ1n) is 4.05. The van der Waals surface area contributed by atoms with Crippen molar-refractivity contribution in [3.05, 3.63) is 9.81 Å². The lowest BCUT2D eigenvalue weighted by Crippen LogP contribution is -2.26. The van der Waals surface area contributed by atoms with Gasteiger partial charge in [0.15, 0.2) is 0 Å². The summed E-state index contributed by atoms with van der Waals surface area (Å²) in [6.07, 6.45) is 1.45. The van der Waals surface area contributed by atoms with E-state index in [-0.39, 0.29) is 6.54 Å². The Labute approximate surface area is 71.1 Å². The highest BCUT2D eigenvalue weighted by Gasteiger charge is 2.19. The van der Waals surface area contributed by atoms with Gasteiger partial charge in [-0.1, -0.05) is 30.1 Å². The zero-order valence-corrected chi connectivity index (χ0v) is 7.14. The van der Waals surface area contributed by atoms with E-state index in [0.717, 1.165) is 12.8 Å². The Bertz CT molecular complexity index is 141. The molecule has 0 fully saturated rings. The predicted octanol–water partition coefficient (Wildman–Crippen LogP) is 1.44. The molecule has 0 spiro atoms. The maximum Gasteiger partial charge on any atom is 0.141 e. The van der Waals surface area contributed by atoms with Gasteiger partial charge >= 0.3 is 0 Å². The molecule has 0 aliphatic rings. The molecule has 12 heavy (non-hydrogen) atoms. The minimum Gasteiger partial charge on any atom is -0.391 e. The number of nitroso groups, excluding NO2 is 2. The summed E-state index contributed by atoms with van der Waals surface area (Å²) in [6, 6.07) is -0.867. The van der Waals surface area contributed by atoms with E-state index in [0.29, 0.717) is 6.42 Å². The summed E-state index contributed by atoms with van der Waals surface area (Å²) in [5.74, 6) is 0. The average molecular weight is 174 g/mol. The highest BCUT2D eigenvalue weighted by Crippen LogP contribution is 2.08. The third-order valence-electron chi connectivity index (χ3n) is 1.69. The minimum absolute atomic E-state index is 0.228. The van der Waals surface area contributed by atoms with Crippen LogP contribution in [0.3, 0.4) is 0 Å². The van der Waals surface area contributed by atoms with Crippen LogP contribution in [0.2, 0.25) is 0 Å². The smallest absolute Gasteiger partial charge is 0.141 e. The van der Waals surface area contributed by atoms with E-state index in [4.69, 9.17) is 0 Å². The second kappa shape index (κ2) is 6.84. The summed E-state index contributed by atoms with van der Waals surface area (Å²) >= 11 is 0. The molecule has 0 aliphatic carbocycles. The van der Waals surface area contributed by atoms with Crippen LogP contribution >= 0.6 is 0 Å². The zero-order valence-electron chi connectivity index (χ0n) is 7.14. The standard InChI is InChI=1S/C7H14N2O3/c1-2-3-4-7(10)6(9-12)5-8-11/h6-7,10H,2-5H2,1H3/t6-,7-/m0/s1. The fourth-order valence-corrected chi connectivity index (χ4v) is 0.907. The molecule has 5 heteroatoms. The van der Waals surface area contributed by atoms with Gasteiger partial charge in [-0.05, 0) is 6.42 Å². The second-order valence-electron chi connectivity index (χ2n) is 2.69. The van der Waals surface area contributed by atoms with Gasteiger partial charge in [0.1, 0.15) is 12.6 Å². The van der Waals surface area contributed by atoms with Crippen molar-refractivity contribution in [1.82, 2.24) is 0 Å². The van der Waals surface area contributed by atoms with Crippen molar-refractivity contribution >= 4 is 0 Å². The highest BCUT2D eigenvalue weighted by atomic mass is 16.3. The number of aliphatic hydroxyl groups is 1. The lowest BCUT2D eigenvalue weighted by Gasteiger charge is -2.12. The van der Waals surface area contributed by atoms with E-state index < -0.39 is 12.1 Å². The van der Waals surface area contributed by atoms with E-state index in [1.54, 1.807) is 0 Å². The van der Waals surface area contributed by atoms with Crippen LogP contribution in [0.15, 0.2) is 10.4 Å². The van der Waals surface area contributed by atoms with E-state index in [2.05, 4.69) is 10.4 Å². The van der Waals surface area contributed by atoms with Gasteiger partial charge in [-0.15, -0.1) is 0 Å². The normalized spacial score (nSPS) is 15.2. The molecule has 0 unspecified atom stereocenters. The molecule has 2 atom stereocenters. The van der Waals surface area contributed by atoms with Gasteiger partial charge in [0.05, 0.1) is 6.10 Å². The highest BCUT2D eigenvalue weighted by molar-refractivity contribution is 4.76. The Morgan fingerprint density at radius 2 is 2.08 bits per heavy atom. The van der Waals surface area contributed by atoms with Crippen molar-refractivity contribution in [2.45, 2.75) is 38.3 Å². The van der Waals surface area contributed by atoms with Gasteiger partial charge in [0.2, 0.25) is 0 Å². The first-order valence-corrected chi connectivity index (χ1v) is 4.05. The molecule has 0 aromatic carbocycles. The second-order valence-corrected chi connectivity index (χ2v) is 2.69. The number of hydrogen-bond donors (Lipinski definition) is 1. The minimum atomic E-state index is -0.867. The Morgan fingerprint density at radius 3 is 2.50 bits per heavy atom. The van der Waals surface area contributed by atoms with Crippen LogP contribution in [0, 0.1) is 9.81 Å². The average Bonchev–Trinajstić information content (AvgIpc) is 2.10. The lowest BCUT2D eigenvalue weighted by molar-refractivity contribution is 0.135. The van der Waals surface area contributed by atoms with Crippen molar-refractivity contribution < 1.29 is 5.11 Å². The SMILES string of the molecule is CCCC[C@H](O)[C@H](CN=O)N=O. The van der Waals surface area contributed by atoms with Crippen molar-refractivity contribution in [2.75, 3.05) is 6.54 Å². The summed E-state index contributed by atoms with van der Waals surface area (Å²) in [5, 5.41) is 14.4. The molecule has 0 amide bonds. The predicted molar refractivity (Wildman–Crippen MR) is 45.8 cm³/mol. The molecular weight excluding hydrogens is 160 g/mol. The zero-order chi connectivity index (χ0) is 9.40. The summed E-state index contributed by atoms with van der Waals surface area (Å²) in [4.78, 5) is 19.9. The van der Waals surface area contributed by atoms with Gasteiger partial charge < -0.3 is 5.11 Å². The molecule has 0 bridgehead atoms. The van der Waals surface area contributed by atoms with Crippen LogP contribution in [0.5, 0.6) is 0 Å². The molecule has 0 aromatic heterocycles. The molecule has 0 aromatic rings. The molecule has 70 valence electrons. The topological polar surface area (TPSA) is 79.1 Å². The van der Waals surface area contributed by atoms with Crippen LogP contribution in [0.1, 0.15) is 26.2 Å². The van der Waals surface area contributed by atoms with E-state index in [9.17, 15) is 14.9 Å². The Morgan fingerprint density at radius 1 is 1.42 bits per heavy atom. The fourth-order valence-electron chi connectivity index (χ4n) is 0.907. The van der Waals surface area contributed by atoms with Gasteiger partial charge in [0.25, 0.3) is 0 Å². The monoisotopic (exact) mass is 174 g/mol. The van der Waals surface area contributed by atoms with Gasteiger partial charge in [-0.25, -0.2) is 0 Å². The van der Waals surface area contributed by atoms with E-state index in [1.165, 1.54) is 0 Å². The third kappa shape index (κ3) is 4.12. The molecule has 0 heterocycles. The first-order chi connectivity index (χ1) is 5.76. The van der Waals surface area contributed by atoms with Gasteiger partial charge in [-0.3, -0.25) is 0 Å². The van der Waals surface area contributed by atoms with Gasteiger partial charge in [-0.2, -0.15) is 9.81 Å². The van der Waals surface area contributed by atoms with Crippen LogP contribution in [0.25, 0.3) is 0 Å². The van der Waals surface area contributed by atoms with E-state index >= 15 is 0 Å². The third-order valence-corrected chi connectivity index (χ3v) is 1.69. The molecule has 1 N–H and O–H groups in total. The van der Waals surface area contributed by atoms with Crippen molar-refractivity contribution in [2.24, 2.45) is 10.4 Å². The summed E-state index contributed by atoms with van der Waals surface area (Å²) in [7, 11) is 0. The quantitative estimate of drug-likeness (QED) is 0.593. The Hall–Kier alpha value is -0.840. The largest absolute Gasteiger partial charge is 0.391 e. The molecule has 0 saturated carbocycles. The molecule has 0 radical (unpaired) electrons. The van der Waals surface area contributed by atoms with E-state index in [1.807, 2.05) is 6.92 Å².